The molecule has 122 valence electrons. The minimum atomic E-state index is 0.505. The van der Waals surface area contributed by atoms with Gasteiger partial charge in [-0.3, -0.25) is 0 Å². The first kappa shape index (κ1) is 15.7. The van der Waals surface area contributed by atoms with E-state index < -0.39 is 0 Å². The predicted molar refractivity (Wildman–Crippen MR) is 94.7 cm³/mol. The number of hydrogen-bond acceptors (Lipinski definition) is 6. The number of nitrogens with zero attached hydrogens (tertiary/aromatic N) is 3. The molecule has 0 aliphatic carbocycles. The molecule has 0 spiro atoms. The summed E-state index contributed by atoms with van der Waals surface area (Å²) in [5.41, 5.74) is 0.973. The largest absolute Gasteiger partial charge is 0.492 e. The van der Waals surface area contributed by atoms with Crippen LogP contribution in [0.2, 0.25) is 0 Å². The van der Waals surface area contributed by atoms with Gasteiger partial charge < -0.3 is 15.4 Å². The molecular weight excluding hydrogens is 302 g/mol. The van der Waals surface area contributed by atoms with Crippen LogP contribution in [0.25, 0.3) is 0 Å². The van der Waals surface area contributed by atoms with E-state index in [0.29, 0.717) is 24.9 Å². The molecule has 0 bridgehead atoms. The SMILES string of the molecule is Cc1cnc(Nc2ccccn2)nc1NCCOc1ccccc1. The quantitative estimate of drug-likeness (QED) is 0.650. The molecule has 3 rings (SSSR count). The second-order valence-corrected chi connectivity index (χ2v) is 5.15. The van der Waals surface area contributed by atoms with Crippen LogP contribution in [0.3, 0.4) is 0 Å². The predicted octanol–water partition coefficient (Wildman–Crippen LogP) is 3.41. The normalized spacial score (nSPS) is 10.2. The van der Waals surface area contributed by atoms with Gasteiger partial charge in [0, 0.05) is 18.0 Å². The molecule has 0 atom stereocenters. The standard InChI is InChI=1S/C18H19N5O/c1-14-13-21-18(22-16-9-5-6-10-19-16)23-17(14)20-11-12-24-15-7-3-2-4-8-15/h2-10,13H,11-12H2,1H3,(H2,19,20,21,22,23). The lowest BCUT2D eigenvalue weighted by atomic mass is 10.3. The van der Waals surface area contributed by atoms with Gasteiger partial charge in [0.2, 0.25) is 5.95 Å². The Bertz CT molecular complexity index is 765. The van der Waals surface area contributed by atoms with Gasteiger partial charge in [0.15, 0.2) is 0 Å². The zero-order valence-electron chi connectivity index (χ0n) is 13.4. The Morgan fingerprint density at radius 1 is 1.00 bits per heavy atom. The van der Waals surface area contributed by atoms with Crippen LogP contribution >= 0.6 is 0 Å². The smallest absolute Gasteiger partial charge is 0.230 e. The van der Waals surface area contributed by atoms with Gasteiger partial charge in [-0.1, -0.05) is 24.3 Å². The lowest BCUT2D eigenvalue weighted by Gasteiger charge is -2.11. The molecule has 2 heterocycles. The van der Waals surface area contributed by atoms with Crippen molar-refractivity contribution in [3.63, 3.8) is 0 Å². The van der Waals surface area contributed by atoms with E-state index in [0.717, 1.165) is 17.1 Å². The number of benzene rings is 1. The highest BCUT2D eigenvalue weighted by atomic mass is 16.5. The Balaban J connectivity index is 1.56. The molecule has 3 aromatic rings. The number of nitrogens with one attached hydrogen (secondary N) is 2. The van der Waals surface area contributed by atoms with Crippen LogP contribution in [0.5, 0.6) is 5.75 Å². The number of ether oxygens (including phenoxy) is 1. The third-order valence-electron chi connectivity index (χ3n) is 3.28. The fourth-order valence-electron chi connectivity index (χ4n) is 2.09. The lowest BCUT2D eigenvalue weighted by molar-refractivity contribution is 0.332. The monoisotopic (exact) mass is 321 g/mol. The number of pyridine rings is 1. The molecule has 24 heavy (non-hydrogen) atoms. The van der Waals surface area contributed by atoms with Gasteiger partial charge >= 0.3 is 0 Å². The average molecular weight is 321 g/mol. The summed E-state index contributed by atoms with van der Waals surface area (Å²) in [6.07, 6.45) is 3.50. The Morgan fingerprint density at radius 3 is 2.62 bits per heavy atom. The highest BCUT2D eigenvalue weighted by molar-refractivity contribution is 5.52. The van der Waals surface area contributed by atoms with E-state index in [1.165, 1.54) is 0 Å². The average Bonchev–Trinajstić information content (AvgIpc) is 2.63. The van der Waals surface area contributed by atoms with Crippen molar-refractivity contribution in [1.82, 2.24) is 15.0 Å². The van der Waals surface area contributed by atoms with E-state index in [1.807, 2.05) is 55.5 Å². The van der Waals surface area contributed by atoms with Crippen LogP contribution in [0, 0.1) is 6.92 Å². The summed E-state index contributed by atoms with van der Waals surface area (Å²) in [5.74, 6) is 2.85. The van der Waals surface area contributed by atoms with Crippen LogP contribution in [-0.2, 0) is 0 Å². The van der Waals surface area contributed by atoms with Crippen molar-refractivity contribution in [3.8, 4) is 5.75 Å². The first-order chi connectivity index (χ1) is 11.8. The molecule has 2 aromatic heterocycles. The molecule has 0 aliphatic heterocycles. The lowest BCUT2D eigenvalue weighted by Crippen LogP contribution is -2.14. The van der Waals surface area contributed by atoms with Gasteiger partial charge in [-0.05, 0) is 31.2 Å². The number of rotatable bonds is 7. The molecule has 6 nitrogen and oxygen atoms in total. The van der Waals surface area contributed by atoms with E-state index in [-0.39, 0.29) is 0 Å². The number of para-hydroxylation sites is 1. The van der Waals surface area contributed by atoms with Crippen molar-refractivity contribution in [1.29, 1.82) is 0 Å². The summed E-state index contributed by atoms with van der Waals surface area (Å²) in [5, 5.41) is 6.36. The van der Waals surface area contributed by atoms with Crippen LogP contribution in [-0.4, -0.2) is 28.1 Å². The molecule has 0 radical (unpaired) electrons. The van der Waals surface area contributed by atoms with Crippen molar-refractivity contribution in [2.75, 3.05) is 23.8 Å². The first-order valence-corrected chi connectivity index (χ1v) is 7.75. The summed E-state index contributed by atoms with van der Waals surface area (Å²) >= 11 is 0. The third kappa shape index (κ3) is 4.42. The van der Waals surface area contributed by atoms with E-state index in [2.05, 4.69) is 25.6 Å². The van der Waals surface area contributed by atoms with Gasteiger partial charge in [-0.15, -0.1) is 0 Å². The maximum atomic E-state index is 5.66. The van der Waals surface area contributed by atoms with Crippen molar-refractivity contribution in [2.24, 2.45) is 0 Å². The molecule has 0 saturated carbocycles. The van der Waals surface area contributed by atoms with Crippen molar-refractivity contribution in [2.45, 2.75) is 6.92 Å². The van der Waals surface area contributed by atoms with Crippen molar-refractivity contribution < 1.29 is 4.74 Å². The minimum Gasteiger partial charge on any atom is -0.492 e. The minimum absolute atomic E-state index is 0.505. The van der Waals surface area contributed by atoms with E-state index in [1.54, 1.807) is 12.4 Å². The number of aryl methyl sites for hydroxylation is 1. The second kappa shape index (κ2) is 7.92. The van der Waals surface area contributed by atoms with Gasteiger partial charge in [-0.2, -0.15) is 4.98 Å². The molecule has 0 aliphatic rings. The fraction of sp³-hybridized carbons (Fsp3) is 0.167. The Hall–Kier alpha value is -3.15. The highest BCUT2D eigenvalue weighted by Gasteiger charge is 2.04. The summed E-state index contributed by atoms with van der Waals surface area (Å²) in [7, 11) is 0. The van der Waals surface area contributed by atoms with E-state index in [4.69, 9.17) is 4.74 Å². The Kier molecular flexibility index (Phi) is 5.19. The van der Waals surface area contributed by atoms with Crippen molar-refractivity contribution >= 4 is 17.6 Å². The molecular formula is C18H19N5O. The summed E-state index contributed by atoms with van der Waals surface area (Å²) in [4.78, 5) is 13.0. The topological polar surface area (TPSA) is 72.0 Å². The molecule has 1 aromatic carbocycles. The van der Waals surface area contributed by atoms with Crippen molar-refractivity contribution in [3.05, 3.63) is 66.5 Å². The van der Waals surface area contributed by atoms with Crippen LogP contribution in [0.4, 0.5) is 17.6 Å². The fourth-order valence-corrected chi connectivity index (χ4v) is 2.09. The number of anilines is 3. The molecule has 6 heteroatoms. The molecule has 0 fully saturated rings. The zero-order chi connectivity index (χ0) is 16.6. The third-order valence-corrected chi connectivity index (χ3v) is 3.28. The van der Waals surface area contributed by atoms with E-state index >= 15 is 0 Å². The van der Waals surface area contributed by atoms with Crippen LogP contribution in [0.15, 0.2) is 60.9 Å². The molecule has 0 amide bonds. The summed E-state index contributed by atoms with van der Waals surface area (Å²) in [6, 6.07) is 15.4. The Labute approximate surface area is 141 Å². The molecule has 0 unspecified atom stereocenters. The summed E-state index contributed by atoms with van der Waals surface area (Å²) < 4.78 is 5.66. The Morgan fingerprint density at radius 2 is 1.83 bits per heavy atom. The molecule has 2 N–H and O–H groups in total. The van der Waals surface area contributed by atoms with Crippen LogP contribution in [0.1, 0.15) is 5.56 Å². The molecule has 0 saturated heterocycles. The zero-order valence-corrected chi connectivity index (χ0v) is 13.4. The maximum Gasteiger partial charge on any atom is 0.230 e. The van der Waals surface area contributed by atoms with E-state index in [9.17, 15) is 0 Å². The summed E-state index contributed by atoms with van der Waals surface area (Å²) in [6.45, 7) is 3.16. The second-order valence-electron chi connectivity index (χ2n) is 5.15. The van der Waals surface area contributed by atoms with Gasteiger partial charge in [0.1, 0.15) is 24.0 Å². The highest BCUT2D eigenvalue weighted by Crippen LogP contribution is 2.15. The first-order valence-electron chi connectivity index (χ1n) is 7.75. The van der Waals surface area contributed by atoms with Gasteiger partial charge in [0.25, 0.3) is 0 Å². The van der Waals surface area contributed by atoms with Crippen LogP contribution < -0.4 is 15.4 Å². The number of hydrogen-bond donors (Lipinski definition) is 2. The number of aromatic nitrogens is 3. The maximum absolute atomic E-state index is 5.66. The van der Waals surface area contributed by atoms with Gasteiger partial charge in [0.05, 0.1) is 6.54 Å². The van der Waals surface area contributed by atoms with Gasteiger partial charge in [-0.25, -0.2) is 9.97 Å².